The molecule has 2 fully saturated rings. The number of amides is 1. The van der Waals surface area contributed by atoms with Gasteiger partial charge in [0.25, 0.3) is 11.1 Å². The number of halogens is 2. The van der Waals surface area contributed by atoms with Crippen molar-refractivity contribution in [3.8, 4) is 16.7 Å². The SMILES string of the molecule is COc1cccc(CN(C(=O)C2=C(c3cnc(OCCOc4c(Cl)cc([C@H](C)O)cc4Cl)s3)C[C@H]3CNC[C@@H]2N3)C2CC2)c1C. The van der Waals surface area contributed by atoms with E-state index < -0.39 is 6.10 Å². The van der Waals surface area contributed by atoms with E-state index in [1.165, 1.54) is 11.3 Å². The highest BCUT2D eigenvalue weighted by Gasteiger charge is 2.41. The van der Waals surface area contributed by atoms with E-state index in [4.69, 9.17) is 37.4 Å². The molecule has 45 heavy (non-hydrogen) atoms. The third-order valence-corrected chi connectivity index (χ3v) is 10.1. The Hall–Kier alpha value is -2.86. The van der Waals surface area contributed by atoms with Crippen LogP contribution in [0, 0.1) is 6.92 Å². The van der Waals surface area contributed by atoms with Gasteiger partial charge in [-0.25, -0.2) is 4.98 Å². The van der Waals surface area contributed by atoms with Crippen LogP contribution in [0.1, 0.15) is 53.9 Å². The Bertz CT molecular complexity index is 1570. The number of carbonyl (C=O) groups excluding carboxylic acids is 1. The molecule has 1 aliphatic carbocycles. The quantitative estimate of drug-likeness (QED) is 0.215. The lowest BCUT2D eigenvalue weighted by Gasteiger charge is -2.40. The first-order chi connectivity index (χ1) is 21.7. The smallest absolute Gasteiger partial charge is 0.273 e. The van der Waals surface area contributed by atoms with Crippen LogP contribution >= 0.6 is 34.5 Å². The van der Waals surface area contributed by atoms with Gasteiger partial charge in [-0.2, -0.15) is 0 Å². The first-order valence-electron chi connectivity index (χ1n) is 15.3. The van der Waals surface area contributed by atoms with E-state index in [-0.39, 0.29) is 37.2 Å². The number of hydrogen-bond donors (Lipinski definition) is 3. The number of thiazole rings is 1. The van der Waals surface area contributed by atoms with Crippen molar-refractivity contribution in [2.24, 2.45) is 0 Å². The molecule has 2 aromatic carbocycles. The molecule has 0 unspecified atom stereocenters. The molecule has 0 radical (unpaired) electrons. The van der Waals surface area contributed by atoms with Crippen LogP contribution in [0.3, 0.4) is 0 Å². The zero-order valence-corrected chi connectivity index (χ0v) is 27.9. The number of benzene rings is 2. The van der Waals surface area contributed by atoms with Gasteiger partial charge in [0.2, 0.25) is 0 Å². The summed E-state index contributed by atoms with van der Waals surface area (Å²) in [6, 6.07) is 9.69. The summed E-state index contributed by atoms with van der Waals surface area (Å²) in [6.45, 7) is 6.21. The second kappa shape index (κ2) is 13.9. The predicted molar refractivity (Wildman–Crippen MR) is 177 cm³/mol. The van der Waals surface area contributed by atoms with Crippen LogP contribution in [-0.4, -0.2) is 72.4 Å². The Morgan fingerprint density at radius 3 is 2.64 bits per heavy atom. The van der Waals surface area contributed by atoms with Crippen LogP contribution in [-0.2, 0) is 11.3 Å². The number of aliphatic hydroxyl groups is 1. The van der Waals surface area contributed by atoms with Gasteiger partial charge in [-0.15, -0.1) is 0 Å². The fourth-order valence-corrected chi connectivity index (χ4v) is 7.51. The van der Waals surface area contributed by atoms with Gasteiger partial charge in [0.05, 0.1) is 34.2 Å². The maximum atomic E-state index is 14.5. The van der Waals surface area contributed by atoms with Gasteiger partial charge >= 0.3 is 0 Å². The lowest BCUT2D eigenvalue weighted by Crippen LogP contribution is -2.59. The number of aromatic nitrogens is 1. The van der Waals surface area contributed by atoms with Crippen molar-refractivity contribution in [1.82, 2.24) is 20.5 Å². The Balaban J connectivity index is 1.19. The Morgan fingerprint density at radius 1 is 1.18 bits per heavy atom. The number of nitrogens with one attached hydrogen (secondary N) is 2. The molecule has 240 valence electrons. The standard InChI is InChI=1S/C33H38Cl2N4O5S/c1-18-20(5-4-6-28(18)42-3)17-39(23-7-8-23)32(41)30-24(13-22-14-36-15-27(30)38-22)29-16-37-33(45-29)44-10-9-43-31-25(34)11-21(19(2)40)12-26(31)35/h4-6,11-12,16,19,22-23,27,36,38,40H,7-10,13-15,17H2,1-3H3/t19-,22-,27-/m0/s1. The minimum absolute atomic E-state index is 0.0778. The molecule has 2 bridgehead atoms. The van der Waals surface area contributed by atoms with Crippen molar-refractivity contribution in [2.45, 2.75) is 63.9 Å². The largest absolute Gasteiger partial charge is 0.496 e. The summed E-state index contributed by atoms with van der Waals surface area (Å²) >= 11 is 14.1. The van der Waals surface area contributed by atoms with Crippen molar-refractivity contribution >= 4 is 46.0 Å². The minimum Gasteiger partial charge on any atom is -0.496 e. The molecule has 3 N–H and O–H groups in total. The summed E-state index contributed by atoms with van der Waals surface area (Å²) in [4.78, 5) is 22.0. The van der Waals surface area contributed by atoms with Crippen molar-refractivity contribution in [2.75, 3.05) is 33.4 Å². The molecule has 0 spiro atoms. The molecule has 6 rings (SSSR count). The molecule has 3 aliphatic rings. The molecule has 3 heterocycles. The lowest BCUT2D eigenvalue weighted by atomic mass is 9.86. The number of aliphatic hydroxyl groups excluding tert-OH is 1. The fraction of sp³-hybridized carbons (Fsp3) is 0.455. The lowest BCUT2D eigenvalue weighted by molar-refractivity contribution is -0.128. The molecule has 1 amide bonds. The van der Waals surface area contributed by atoms with E-state index in [1.807, 2.05) is 30.2 Å². The van der Waals surface area contributed by atoms with Crippen LogP contribution < -0.4 is 24.8 Å². The molecule has 3 atom stereocenters. The van der Waals surface area contributed by atoms with Gasteiger partial charge in [-0.05, 0) is 73.6 Å². The van der Waals surface area contributed by atoms with Crippen LogP contribution in [0.15, 0.2) is 42.1 Å². The molecule has 1 saturated carbocycles. The highest BCUT2D eigenvalue weighted by molar-refractivity contribution is 7.14. The molecule has 12 heteroatoms. The van der Waals surface area contributed by atoms with Gasteiger partial charge in [-0.1, -0.05) is 46.7 Å². The second-order valence-electron chi connectivity index (χ2n) is 11.8. The van der Waals surface area contributed by atoms with Gasteiger partial charge in [0.15, 0.2) is 5.75 Å². The summed E-state index contributed by atoms with van der Waals surface area (Å²) in [7, 11) is 1.68. The minimum atomic E-state index is -0.688. The van der Waals surface area contributed by atoms with E-state index in [0.717, 1.165) is 58.7 Å². The first kappa shape index (κ1) is 32.1. The molecular weight excluding hydrogens is 635 g/mol. The van der Waals surface area contributed by atoms with Gasteiger partial charge in [-0.3, -0.25) is 4.79 Å². The Kier molecular flexibility index (Phi) is 9.89. The number of hydrogen-bond acceptors (Lipinski definition) is 9. The van der Waals surface area contributed by atoms with Crippen LogP contribution in [0.25, 0.3) is 5.57 Å². The first-order valence-corrected chi connectivity index (χ1v) is 16.8. The van der Waals surface area contributed by atoms with Gasteiger partial charge in [0.1, 0.15) is 19.0 Å². The van der Waals surface area contributed by atoms with Crippen molar-refractivity contribution in [3.63, 3.8) is 0 Å². The highest BCUT2D eigenvalue weighted by atomic mass is 35.5. The number of ether oxygens (including phenoxy) is 3. The molecule has 1 saturated heterocycles. The highest BCUT2D eigenvalue weighted by Crippen LogP contribution is 2.40. The van der Waals surface area contributed by atoms with E-state index >= 15 is 0 Å². The van der Waals surface area contributed by atoms with Gasteiger partial charge < -0.3 is 34.9 Å². The van der Waals surface area contributed by atoms with Crippen LogP contribution in [0.2, 0.25) is 10.0 Å². The summed E-state index contributed by atoms with van der Waals surface area (Å²) < 4.78 is 17.3. The number of carbonyl (C=O) groups is 1. The zero-order chi connectivity index (χ0) is 31.7. The molecule has 9 nitrogen and oxygen atoms in total. The van der Waals surface area contributed by atoms with Crippen molar-refractivity contribution in [3.05, 3.63) is 73.7 Å². The number of rotatable bonds is 12. The van der Waals surface area contributed by atoms with Crippen molar-refractivity contribution < 1.29 is 24.1 Å². The average Bonchev–Trinajstić information content (AvgIpc) is 3.75. The van der Waals surface area contributed by atoms with E-state index in [0.29, 0.717) is 39.6 Å². The van der Waals surface area contributed by atoms with E-state index in [2.05, 4.69) is 21.7 Å². The van der Waals surface area contributed by atoms with Crippen LogP contribution in [0.4, 0.5) is 0 Å². The molecule has 3 aromatic rings. The normalized spacial score (nSPS) is 20.1. The fourth-order valence-electron chi connectivity index (χ4n) is 6.04. The summed E-state index contributed by atoms with van der Waals surface area (Å²) in [5.41, 5.74) is 4.63. The Labute approximate surface area is 277 Å². The maximum absolute atomic E-state index is 14.5. The molecule has 1 aromatic heterocycles. The number of piperazine rings is 1. The summed E-state index contributed by atoms with van der Waals surface area (Å²) in [5, 5.41) is 18.2. The summed E-state index contributed by atoms with van der Waals surface area (Å²) in [5.74, 6) is 1.25. The monoisotopic (exact) mass is 672 g/mol. The number of nitrogens with zero attached hydrogens (tertiary/aromatic N) is 2. The van der Waals surface area contributed by atoms with Crippen molar-refractivity contribution in [1.29, 1.82) is 0 Å². The van der Waals surface area contributed by atoms with E-state index in [1.54, 1.807) is 26.2 Å². The molecule has 2 aliphatic heterocycles. The number of fused-ring (bicyclic) bond motifs is 2. The predicted octanol–water partition coefficient (Wildman–Crippen LogP) is 5.56. The third-order valence-electron chi connectivity index (χ3n) is 8.58. The van der Waals surface area contributed by atoms with Gasteiger partial charge in [0, 0.05) is 43.5 Å². The number of methoxy groups -OCH3 is 1. The zero-order valence-electron chi connectivity index (χ0n) is 25.6. The average molecular weight is 674 g/mol. The third kappa shape index (κ3) is 7.11. The topological polar surface area (TPSA) is 105 Å². The second-order valence-corrected chi connectivity index (χ2v) is 13.6. The maximum Gasteiger partial charge on any atom is 0.273 e. The Morgan fingerprint density at radius 2 is 1.93 bits per heavy atom. The van der Waals surface area contributed by atoms with Crippen LogP contribution in [0.5, 0.6) is 16.7 Å². The molecular formula is C33H38Cl2N4O5S. The summed E-state index contributed by atoms with van der Waals surface area (Å²) in [6.07, 6.45) is 3.88. The van der Waals surface area contributed by atoms with E-state index in [9.17, 15) is 9.90 Å².